The number of ether oxygens (including phenoxy) is 1. The number of allylic oxidation sites excluding steroid dienone is 1. The SMILES string of the molecule is CC.CN=C/C(=C\N)c1cc2c(cc1C(F)F)N(C(N)C1=C(NC3CCNCC3)CCN(C(=O)OC(C)(C)C)C1)CCC2. The molecule has 1 saturated heterocycles. The summed E-state index contributed by atoms with van der Waals surface area (Å²) in [5.74, 6) is 0. The van der Waals surface area contributed by atoms with Gasteiger partial charge in [0.15, 0.2) is 0 Å². The normalized spacial score (nSPS) is 19.3. The van der Waals surface area contributed by atoms with Crippen molar-refractivity contribution >= 4 is 23.6 Å². The van der Waals surface area contributed by atoms with Crippen LogP contribution in [-0.4, -0.2) is 74.8 Å². The Kier molecular flexibility index (Phi) is 12.4. The van der Waals surface area contributed by atoms with E-state index in [-0.39, 0.29) is 11.7 Å². The largest absolute Gasteiger partial charge is 0.444 e. The van der Waals surface area contributed by atoms with E-state index in [1.807, 2.05) is 39.5 Å². The monoisotopic (exact) mass is 603 g/mol. The number of hydrogen-bond donors (Lipinski definition) is 4. The summed E-state index contributed by atoms with van der Waals surface area (Å²) in [6, 6.07) is 3.66. The first-order valence-corrected chi connectivity index (χ1v) is 15.5. The van der Waals surface area contributed by atoms with Crippen molar-refractivity contribution in [2.24, 2.45) is 16.5 Å². The summed E-state index contributed by atoms with van der Waals surface area (Å²) in [6.07, 6.45) is 3.27. The fraction of sp³-hybridized carbons (Fsp3) is 0.625. The number of amides is 1. The minimum Gasteiger partial charge on any atom is -0.444 e. The first kappa shape index (κ1) is 34.3. The maximum absolute atomic E-state index is 14.4. The summed E-state index contributed by atoms with van der Waals surface area (Å²) >= 11 is 0. The van der Waals surface area contributed by atoms with Gasteiger partial charge in [-0.2, -0.15) is 0 Å². The molecule has 1 unspecified atom stereocenters. The Morgan fingerprint density at radius 2 is 1.88 bits per heavy atom. The molecule has 6 N–H and O–H groups in total. The summed E-state index contributed by atoms with van der Waals surface area (Å²) in [6.45, 7) is 12.9. The summed E-state index contributed by atoms with van der Waals surface area (Å²) in [7, 11) is 1.58. The van der Waals surface area contributed by atoms with Gasteiger partial charge in [0.2, 0.25) is 0 Å². The number of piperidine rings is 1. The highest BCUT2D eigenvalue weighted by atomic mass is 19.3. The number of rotatable bonds is 7. The molecular weight excluding hydrogens is 552 g/mol. The number of aliphatic imine (C=N–C) groups is 1. The lowest BCUT2D eigenvalue weighted by atomic mass is 9.91. The van der Waals surface area contributed by atoms with Crippen LogP contribution in [0.3, 0.4) is 0 Å². The number of hydrogen-bond acceptors (Lipinski definition) is 8. The van der Waals surface area contributed by atoms with Gasteiger partial charge >= 0.3 is 6.09 Å². The smallest absolute Gasteiger partial charge is 0.410 e. The Hall–Kier alpha value is -3.18. The van der Waals surface area contributed by atoms with Gasteiger partial charge in [-0.1, -0.05) is 13.8 Å². The van der Waals surface area contributed by atoms with Crippen molar-refractivity contribution in [2.45, 2.75) is 91.0 Å². The van der Waals surface area contributed by atoms with Gasteiger partial charge in [-0.05, 0) is 82.8 Å². The molecule has 1 amide bonds. The zero-order chi connectivity index (χ0) is 31.7. The van der Waals surface area contributed by atoms with Crippen molar-refractivity contribution < 1.29 is 18.3 Å². The number of fused-ring (bicyclic) bond motifs is 1. The highest BCUT2D eigenvalue weighted by molar-refractivity contribution is 6.10. The molecule has 1 atom stereocenters. The Morgan fingerprint density at radius 3 is 2.49 bits per heavy atom. The number of aryl methyl sites for hydroxylation is 1. The van der Waals surface area contributed by atoms with Gasteiger partial charge in [-0.25, -0.2) is 13.6 Å². The van der Waals surface area contributed by atoms with Crippen LogP contribution in [0, 0.1) is 0 Å². The van der Waals surface area contributed by atoms with Gasteiger partial charge in [0.25, 0.3) is 6.43 Å². The Bertz CT molecular complexity index is 1190. The molecule has 0 spiro atoms. The number of carbonyl (C=O) groups is 1. The van der Waals surface area contributed by atoms with Crippen LogP contribution in [-0.2, 0) is 11.2 Å². The third-order valence-corrected chi connectivity index (χ3v) is 7.84. The molecule has 1 fully saturated rings. The molecular formula is C32H51F2N7O2. The average Bonchev–Trinajstić information content (AvgIpc) is 2.99. The number of anilines is 1. The van der Waals surface area contributed by atoms with E-state index in [0.29, 0.717) is 48.9 Å². The molecule has 3 aliphatic heterocycles. The van der Waals surface area contributed by atoms with E-state index in [2.05, 4.69) is 15.6 Å². The Balaban J connectivity index is 0.00000248. The summed E-state index contributed by atoms with van der Waals surface area (Å²) in [5.41, 5.74) is 16.4. The standard InChI is InChI=1S/C30H45F2N7O2.C2H6/c1-30(2,3)41-29(40)38-13-9-25(37-21-7-10-36-11-8-21)24(18-38)28(34)39-12-5-6-19-14-22(20(16-33)17-35-4)23(27(31)32)15-26(19)39;1-2/h14-17,21,27-28,36-37H,5-13,18,33-34H2,1-4H3;1-2H3/b20-16+,35-17?;. The van der Waals surface area contributed by atoms with Crippen molar-refractivity contribution in [3.05, 3.63) is 46.3 Å². The van der Waals surface area contributed by atoms with E-state index in [9.17, 15) is 13.6 Å². The maximum atomic E-state index is 14.4. The highest BCUT2D eigenvalue weighted by Crippen LogP contribution is 2.38. The lowest BCUT2D eigenvalue weighted by Crippen LogP contribution is -2.53. The summed E-state index contributed by atoms with van der Waals surface area (Å²) < 4.78 is 34.4. The molecule has 3 heterocycles. The third-order valence-electron chi connectivity index (χ3n) is 7.84. The van der Waals surface area contributed by atoms with E-state index in [0.717, 1.165) is 55.6 Å². The molecule has 1 aromatic carbocycles. The van der Waals surface area contributed by atoms with Gasteiger partial charge < -0.3 is 36.6 Å². The Morgan fingerprint density at radius 1 is 1.19 bits per heavy atom. The quantitative estimate of drug-likeness (QED) is 0.326. The van der Waals surface area contributed by atoms with Crippen LogP contribution in [0.15, 0.2) is 34.6 Å². The van der Waals surface area contributed by atoms with Crippen LogP contribution in [0.2, 0.25) is 0 Å². The summed E-state index contributed by atoms with van der Waals surface area (Å²) in [5, 5.41) is 7.12. The number of nitrogens with two attached hydrogens (primary N) is 2. The zero-order valence-electron chi connectivity index (χ0n) is 26.7. The Labute approximate surface area is 255 Å². The van der Waals surface area contributed by atoms with Crippen molar-refractivity contribution in [1.29, 1.82) is 0 Å². The molecule has 0 saturated carbocycles. The number of nitrogens with zero attached hydrogens (tertiary/aromatic N) is 3. The molecule has 0 aromatic heterocycles. The van der Waals surface area contributed by atoms with E-state index >= 15 is 0 Å². The molecule has 0 aliphatic carbocycles. The van der Waals surface area contributed by atoms with E-state index < -0.39 is 18.2 Å². The lowest BCUT2D eigenvalue weighted by Gasteiger charge is -2.42. The molecule has 3 aliphatic rings. The molecule has 0 radical (unpaired) electrons. The first-order chi connectivity index (χ1) is 20.5. The van der Waals surface area contributed by atoms with Crippen molar-refractivity contribution in [3.63, 3.8) is 0 Å². The number of alkyl halides is 2. The number of carbonyl (C=O) groups excluding carboxylic acids is 1. The molecule has 240 valence electrons. The highest BCUT2D eigenvalue weighted by Gasteiger charge is 2.34. The molecule has 4 rings (SSSR count). The van der Waals surface area contributed by atoms with Crippen molar-refractivity contribution in [1.82, 2.24) is 15.5 Å². The van der Waals surface area contributed by atoms with E-state index in [1.54, 1.807) is 24.1 Å². The molecule has 11 heteroatoms. The van der Waals surface area contributed by atoms with E-state index in [1.165, 1.54) is 12.4 Å². The second-order valence-electron chi connectivity index (χ2n) is 11.9. The fourth-order valence-corrected chi connectivity index (χ4v) is 5.85. The topological polar surface area (TPSA) is 121 Å². The van der Waals surface area contributed by atoms with Gasteiger partial charge in [0.05, 0.1) is 6.54 Å². The van der Waals surface area contributed by atoms with Gasteiger partial charge in [-0.3, -0.25) is 4.99 Å². The van der Waals surface area contributed by atoms with Crippen molar-refractivity contribution in [2.75, 3.05) is 44.7 Å². The second kappa shape index (κ2) is 15.5. The van der Waals surface area contributed by atoms with Crippen LogP contribution in [0.25, 0.3) is 5.57 Å². The molecule has 1 aromatic rings. The zero-order valence-corrected chi connectivity index (χ0v) is 26.7. The van der Waals surface area contributed by atoms with Crippen LogP contribution >= 0.6 is 0 Å². The number of benzene rings is 1. The predicted octanol–water partition coefficient (Wildman–Crippen LogP) is 4.92. The number of nitrogens with one attached hydrogen (secondary N) is 2. The van der Waals surface area contributed by atoms with Gasteiger partial charge in [-0.15, -0.1) is 0 Å². The van der Waals surface area contributed by atoms with Gasteiger partial charge in [0.1, 0.15) is 11.8 Å². The first-order valence-electron chi connectivity index (χ1n) is 15.5. The minimum atomic E-state index is -2.70. The predicted molar refractivity (Wildman–Crippen MR) is 171 cm³/mol. The second-order valence-corrected chi connectivity index (χ2v) is 11.9. The molecule has 43 heavy (non-hydrogen) atoms. The van der Waals surface area contributed by atoms with Crippen molar-refractivity contribution in [3.8, 4) is 0 Å². The molecule has 9 nitrogen and oxygen atoms in total. The van der Waals surface area contributed by atoms with Crippen LogP contribution in [0.5, 0.6) is 0 Å². The average molecular weight is 604 g/mol. The minimum absolute atomic E-state index is 0.111. The van der Waals surface area contributed by atoms with Crippen LogP contribution in [0.1, 0.15) is 83.4 Å². The van der Waals surface area contributed by atoms with E-state index in [4.69, 9.17) is 16.2 Å². The van der Waals surface area contributed by atoms with Gasteiger partial charge in [0, 0.05) is 73.1 Å². The molecule has 0 bridgehead atoms. The maximum Gasteiger partial charge on any atom is 0.410 e. The van der Waals surface area contributed by atoms with Crippen LogP contribution in [0.4, 0.5) is 19.3 Å². The fourth-order valence-electron chi connectivity index (χ4n) is 5.85. The third kappa shape index (κ3) is 8.69. The lowest BCUT2D eigenvalue weighted by molar-refractivity contribution is 0.0254. The van der Waals surface area contributed by atoms with Crippen LogP contribution < -0.4 is 27.0 Å². The summed E-state index contributed by atoms with van der Waals surface area (Å²) in [4.78, 5) is 20.7. The number of halogens is 2.